The van der Waals surface area contributed by atoms with E-state index in [0.717, 1.165) is 22.6 Å². The van der Waals surface area contributed by atoms with Gasteiger partial charge >= 0.3 is 0 Å². The van der Waals surface area contributed by atoms with Gasteiger partial charge in [-0.2, -0.15) is 0 Å². The molecule has 0 fully saturated rings. The van der Waals surface area contributed by atoms with Crippen LogP contribution in [0.15, 0.2) is 28.9 Å². The lowest BCUT2D eigenvalue weighted by molar-refractivity contribution is 0.407. The molecule has 1 aromatic carbocycles. The Labute approximate surface area is 101 Å². The Morgan fingerprint density at radius 2 is 2.06 bits per heavy atom. The Morgan fingerprint density at radius 1 is 1.29 bits per heavy atom. The first-order valence-electron chi connectivity index (χ1n) is 5.73. The van der Waals surface area contributed by atoms with Gasteiger partial charge in [-0.3, -0.25) is 0 Å². The van der Waals surface area contributed by atoms with Gasteiger partial charge in [-0.25, -0.2) is 0 Å². The van der Waals surface area contributed by atoms with E-state index in [2.05, 4.69) is 25.1 Å². The predicted octanol–water partition coefficient (Wildman–Crippen LogP) is 3.78. The van der Waals surface area contributed by atoms with Crippen molar-refractivity contribution < 1.29 is 9.26 Å². The van der Waals surface area contributed by atoms with E-state index < -0.39 is 0 Å². The number of benzene rings is 1. The van der Waals surface area contributed by atoms with Crippen molar-refractivity contribution in [3.63, 3.8) is 0 Å². The molecule has 1 heterocycles. The molecule has 3 heteroatoms. The quantitative estimate of drug-likeness (QED) is 0.806. The fourth-order valence-electron chi connectivity index (χ4n) is 1.95. The molecule has 0 aliphatic carbocycles. The van der Waals surface area contributed by atoms with Gasteiger partial charge in [0.15, 0.2) is 5.76 Å². The van der Waals surface area contributed by atoms with Crippen LogP contribution in [0.4, 0.5) is 0 Å². The average molecular weight is 231 g/mol. The molecule has 0 atom stereocenters. The third-order valence-electron chi connectivity index (χ3n) is 2.90. The second kappa shape index (κ2) is 4.62. The Kier molecular flexibility index (Phi) is 3.18. The minimum Gasteiger partial charge on any atom is -0.496 e. The normalized spacial score (nSPS) is 10.9. The maximum atomic E-state index is 5.41. The van der Waals surface area contributed by atoms with Crippen molar-refractivity contribution in [1.29, 1.82) is 0 Å². The van der Waals surface area contributed by atoms with E-state index in [1.807, 2.05) is 19.1 Å². The van der Waals surface area contributed by atoms with Crippen molar-refractivity contribution in [3.8, 4) is 17.1 Å². The van der Waals surface area contributed by atoms with Gasteiger partial charge in [0, 0.05) is 11.6 Å². The van der Waals surface area contributed by atoms with E-state index in [4.69, 9.17) is 9.26 Å². The molecule has 2 aromatic rings. The van der Waals surface area contributed by atoms with Crippen molar-refractivity contribution in [2.75, 3.05) is 7.11 Å². The van der Waals surface area contributed by atoms with E-state index in [9.17, 15) is 0 Å². The lowest BCUT2D eigenvalue weighted by Crippen LogP contribution is -1.96. The third-order valence-corrected chi connectivity index (χ3v) is 2.90. The number of hydrogen-bond acceptors (Lipinski definition) is 3. The SMILES string of the molecule is COc1cc(C)c(-c2ccno2)cc1C(C)C. The van der Waals surface area contributed by atoms with Crippen molar-refractivity contribution in [2.24, 2.45) is 0 Å². The standard InChI is InChI=1S/C14H17NO2/c1-9(2)11-8-12(13-5-6-15-17-13)10(3)7-14(11)16-4/h5-9H,1-4H3. The lowest BCUT2D eigenvalue weighted by atomic mass is 9.95. The number of ether oxygens (including phenoxy) is 1. The molecule has 1 aromatic heterocycles. The number of nitrogens with zero attached hydrogens (tertiary/aromatic N) is 1. The summed E-state index contributed by atoms with van der Waals surface area (Å²) in [6.45, 7) is 6.35. The first-order valence-corrected chi connectivity index (χ1v) is 5.73. The molecule has 0 unspecified atom stereocenters. The molecule has 0 aliphatic heterocycles. The summed E-state index contributed by atoms with van der Waals surface area (Å²) < 4.78 is 10.6. The van der Waals surface area contributed by atoms with Crippen LogP contribution in [-0.4, -0.2) is 12.3 Å². The topological polar surface area (TPSA) is 35.3 Å². The molecular formula is C14H17NO2. The second-order valence-corrected chi connectivity index (χ2v) is 4.44. The van der Waals surface area contributed by atoms with Gasteiger partial charge < -0.3 is 9.26 Å². The highest BCUT2D eigenvalue weighted by Gasteiger charge is 2.13. The van der Waals surface area contributed by atoms with Gasteiger partial charge in [0.1, 0.15) is 5.75 Å². The highest BCUT2D eigenvalue weighted by atomic mass is 16.5. The summed E-state index contributed by atoms with van der Waals surface area (Å²) in [5.41, 5.74) is 3.39. The fourth-order valence-corrected chi connectivity index (χ4v) is 1.95. The van der Waals surface area contributed by atoms with Gasteiger partial charge in [-0.1, -0.05) is 19.0 Å². The van der Waals surface area contributed by atoms with E-state index in [1.165, 1.54) is 5.56 Å². The van der Waals surface area contributed by atoms with Crippen LogP contribution in [0.2, 0.25) is 0 Å². The van der Waals surface area contributed by atoms with Crippen molar-refractivity contribution in [2.45, 2.75) is 26.7 Å². The van der Waals surface area contributed by atoms with E-state index in [0.29, 0.717) is 5.92 Å². The maximum absolute atomic E-state index is 5.41. The van der Waals surface area contributed by atoms with Gasteiger partial charge in [-0.05, 0) is 36.1 Å². The zero-order valence-corrected chi connectivity index (χ0v) is 10.7. The molecular weight excluding hydrogens is 214 g/mol. The molecule has 17 heavy (non-hydrogen) atoms. The van der Waals surface area contributed by atoms with Crippen LogP contribution < -0.4 is 4.74 Å². The van der Waals surface area contributed by atoms with Crippen molar-refractivity contribution in [1.82, 2.24) is 5.16 Å². The summed E-state index contributed by atoms with van der Waals surface area (Å²) in [5, 5.41) is 3.75. The number of methoxy groups -OCH3 is 1. The number of rotatable bonds is 3. The number of aryl methyl sites for hydroxylation is 1. The first-order chi connectivity index (χ1) is 8.13. The molecule has 90 valence electrons. The molecule has 0 saturated carbocycles. The Morgan fingerprint density at radius 3 is 2.59 bits per heavy atom. The minimum atomic E-state index is 0.409. The molecule has 0 bridgehead atoms. The monoisotopic (exact) mass is 231 g/mol. The maximum Gasteiger partial charge on any atom is 0.167 e. The van der Waals surface area contributed by atoms with Crippen LogP contribution in [0.1, 0.15) is 30.9 Å². The highest BCUT2D eigenvalue weighted by molar-refractivity contribution is 5.65. The molecule has 0 radical (unpaired) electrons. The molecule has 0 saturated heterocycles. The number of aromatic nitrogens is 1. The van der Waals surface area contributed by atoms with Gasteiger partial charge in [0.05, 0.1) is 13.3 Å². The van der Waals surface area contributed by atoms with Crippen molar-refractivity contribution >= 4 is 0 Å². The largest absolute Gasteiger partial charge is 0.496 e. The molecule has 0 spiro atoms. The second-order valence-electron chi connectivity index (χ2n) is 4.44. The lowest BCUT2D eigenvalue weighted by Gasteiger charge is -2.14. The van der Waals surface area contributed by atoms with Crippen LogP contribution in [0, 0.1) is 6.92 Å². The zero-order valence-electron chi connectivity index (χ0n) is 10.7. The first kappa shape index (κ1) is 11.7. The Hall–Kier alpha value is -1.77. The highest BCUT2D eigenvalue weighted by Crippen LogP contribution is 2.34. The Balaban J connectivity index is 2.58. The van der Waals surface area contributed by atoms with Crippen LogP contribution in [-0.2, 0) is 0 Å². The average Bonchev–Trinajstić information content (AvgIpc) is 2.81. The van der Waals surface area contributed by atoms with Gasteiger partial charge in [-0.15, -0.1) is 0 Å². The molecule has 0 N–H and O–H groups in total. The molecule has 3 nitrogen and oxygen atoms in total. The molecule has 2 rings (SSSR count). The smallest absolute Gasteiger partial charge is 0.167 e. The fraction of sp³-hybridized carbons (Fsp3) is 0.357. The number of hydrogen-bond donors (Lipinski definition) is 0. The Bertz CT molecular complexity index is 501. The van der Waals surface area contributed by atoms with E-state index >= 15 is 0 Å². The summed E-state index contributed by atoms with van der Waals surface area (Å²) in [6, 6.07) is 6.05. The molecule has 0 amide bonds. The van der Waals surface area contributed by atoms with Crippen LogP contribution in [0.5, 0.6) is 5.75 Å². The van der Waals surface area contributed by atoms with E-state index in [-0.39, 0.29) is 0 Å². The van der Waals surface area contributed by atoms with Crippen molar-refractivity contribution in [3.05, 3.63) is 35.5 Å². The predicted molar refractivity (Wildman–Crippen MR) is 67.3 cm³/mol. The van der Waals surface area contributed by atoms with Gasteiger partial charge in [0.25, 0.3) is 0 Å². The minimum absolute atomic E-state index is 0.409. The summed E-state index contributed by atoms with van der Waals surface area (Å²) in [5.74, 6) is 2.14. The van der Waals surface area contributed by atoms with Crippen LogP contribution >= 0.6 is 0 Å². The van der Waals surface area contributed by atoms with Crippen LogP contribution in [0.25, 0.3) is 11.3 Å². The molecule has 0 aliphatic rings. The van der Waals surface area contributed by atoms with Gasteiger partial charge in [0.2, 0.25) is 0 Å². The van der Waals surface area contributed by atoms with Crippen LogP contribution in [0.3, 0.4) is 0 Å². The zero-order chi connectivity index (χ0) is 12.4. The third kappa shape index (κ3) is 2.18. The summed E-state index contributed by atoms with van der Waals surface area (Å²) in [4.78, 5) is 0. The summed E-state index contributed by atoms with van der Waals surface area (Å²) in [7, 11) is 1.70. The summed E-state index contributed by atoms with van der Waals surface area (Å²) in [6.07, 6.45) is 1.66. The van der Waals surface area contributed by atoms with E-state index in [1.54, 1.807) is 13.3 Å². The summed E-state index contributed by atoms with van der Waals surface area (Å²) >= 11 is 0.